The van der Waals surface area contributed by atoms with Crippen molar-refractivity contribution in [2.24, 2.45) is 7.05 Å². The zero-order valence-electron chi connectivity index (χ0n) is 10.5. The Kier molecular flexibility index (Phi) is 2.36. The fourth-order valence-corrected chi connectivity index (χ4v) is 2.44. The van der Waals surface area contributed by atoms with Gasteiger partial charge >= 0.3 is 5.69 Å². The van der Waals surface area contributed by atoms with Gasteiger partial charge in [-0.3, -0.25) is 14.3 Å². The molecule has 0 saturated heterocycles. The quantitative estimate of drug-likeness (QED) is 0.710. The number of rotatable bonds is 0. The Labute approximate surface area is 108 Å². The zero-order valence-corrected chi connectivity index (χ0v) is 10.5. The highest BCUT2D eigenvalue weighted by atomic mass is 16.3. The molecule has 3 rings (SSSR count). The lowest BCUT2D eigenvalue weighted by Crippen LogP contribution is -2.40. The first kappa shape index (κ1) is 11.7. The number of aliphatic hydroxyl groups excluding tert-OH is 1. The average Bonchev–Trinajstić information content (AvgIpc) is 2.42. The van der Waals surface area contributed by atoms with E-state index in [9.17, 15) is 14.7 Å². The second kappa shape index (κ2) is 3.83. The Balaban J connectivity index is 2.39. The fourth-order valence-electron chi connectivity index (χ4n) is 2.44. The molecule has 0 amide bonds. The van der Waals surface area contributed by atoms with Crippen LogP contribution >= 0.6 is 0 Å². The summed E-state index contributed by atoms with van der Waals surface area (Å²) in [5.74, 6) is 0.347. The third-order valence-electron chi connectivity index (χ3n) is 3.52. The zero-order chi connectivity index (χ0) is 13.7. The third-order valence-corrected chi connectivity index (χ3v) is 3.52. The highest BCUT2D eigenvalue weighted by Gasteiger charge is 2.31. The molecule has 0 spiro atoms. The fraction of sp³-hybridized carbons (Fsp3) is 0.231. The molecule has 0 radical (unpaired) electrons. The van der Waals surface area contributed by atoms with E-state index in [4.69, 9.17) is 0 Å². The maximum absolute atomic E-state index is 12.2. The molecule has 0 unspecified atom stereocenters. The number of anilines is 2. The van der Waals surface area contributed by atoms with Crippen LogP contribution in [0.3, 0.4) is 0 Å². The van der Waals surface area contributed by atoms with Crippen molar-refractivity contribution in [2.45, 2.75) is 6.10 Å². The predicted octanol–water partition coefficient (Wildman–Crippen LogP) is 0.237. The molecule has 0 aliphatic carbocycles. The van der Waals surface area contributed by atoms with E-state index < -0.39 is 17.4 Å². The third kappa shape index (κ3) is 1.47. The number of fused-ring (bicyclic) bond motifs is 2. The molecule has 1 aromatic carbocycles. The highest BCUT2D eigenvalue weighted by Crippen LogP contribution is 2.39. The summed E-state index contributed by atoms with van der Waals surface area (Å²) in [6, 6.07) is 7.24. The number of para-hydroxylation sites is 1. The summed E-state index contributed by atoms with van der Waals surface area (Å²) in [6.45, 7) is 0. The number of nitrogens with one attached hydrogen (secondary N) is 1. The maximum Gasteiger partial charge on any atom is 0.329 e. The number of H-pyrrole nitrogens is 1. The van der Waals surface area contributed by atoms with Gasteiger partial charge in [0.25, 0.3) is 5.56 Å². The van der Waals surface area contributed by atoms with Crippen LogP contribution in [-0.2, 0) is 7.05 Å². The monoisotopic (exact) mass is 259 g/mol. The predicted molar refractivity (Wildman–Crippen MR) is 70.9 cm³/mol. The van der Waals surface area contributed by atoms with Crippen molar-refractivity contribution < 1.29 is 5.11 Å². The van der Waals surface area contributed by atoms with Gasteiger partial charge in [0.05, 0.1) is 5.56 Å². The minimum atomic E-state index is -1.03. The number of hydrogen-bond acceptors (Lipinski definition) is 4. The molecule has 2 aromatic rings. The van der Waals surface area contributed by atoms with Crippen LogP contribution in [0.4, 0.5) is 11.5 Å². The second-order valence-corrected chi connectivity index (χ2v) is 4.58. The van der Waals surface area contributed by atoms with Crippen LogP contribution in [0, 0.1) is 0 Å². The standard InChI is InChI=1S/C13H13N3O3/c1-15-8-6-4-3-5-7(8)10(17)9-11(15)14-13(19)16(2)12(9)18/h3-6,10,17H,1-2H3,(H,14,19)/t10-/m0/s1. The smallest absolute Gasteiger partial charge is 0.329 e. The van der Waals surface area contributed by atoms with Gasteiger partial charge in [0.15, 0.2) is 0 Å². The summed E-state index contributed by atoms with van der Waals surface area (Å²) in [7, 11) is 3.13. The van der Waals surface area contributed by atoms with Gasteiger partial charge in [-0.05, 0) is 6.07 Å². The van der Waals surface area contributed by atoms with E-state index in [0.29, 0.717) is 11.4 Å². The first-order valence-corrected chi connectivity index (χ1v) is 5.86. The lowest BCUT2D eigenvalue weighted by atomic mass is 9.96. The van der Waals surface area contributed by atoms with E-state index in [1.807, 2.05) is 12.1 Å². The van der Waals surface area contributed by atoms with E-state index in [-0.39, 0.29) is 5.56 Å². The van der Waals surface area contributed by atoms with Gasteiger partial charge in [-0.2, -0.15) is 0 Å². The number of aromatic nitrogens is 2. The van der Waals surface area contributed by atoms with Gasteiger partial charge in [0, 0.05) is 25.3 Å². The SMILES string of the molecule is CN1c2ccccc2[C@H](O)c2c1[nH]c(=O)n(C)c2=O. The van der Waals surface area contributed by atoms with E-state index >= 15 is 0 Å². The molecule has 2 heterocycles. The Bertz CT molecular complexity index is 775. The van der Waals surface area contributed by atoms with Gasteiger partial charge in [0.2, 0.25) is 0 Å². The summed E-state index contributed by atoms with van der Waals surface area (Å²) >= 11 is 0. The van der Waals surface area contributed by atoms with Gasteiger partial charge < -0.3 is 10.0 Å². The lowest BCUT2D eigenvalue weighted by molar-refractivity contribution is 0.216. The van der Waals surface area contributed by atoms with E-state index in [0.717, 1.165) is 10.3 Å². The number of hydrogen-bond donors (Lipinski definition) is 2. The molecular formula is C13H13N3O3. The molecule has 0 bridgehead atoms. The van der Waals surface area contributed by atoms with Crippen LogP contribution in [0.15, 0.2) is 33.9 Å². The van der Waals surface area contributed by atoms with E-state index in [1.165, 1.54) is 7.05 Å². The normalized spacial score (nSPS) is 17.0. The number of benzene rings is 1. The molecule has 0 fully saturated rings. The molecule has 6 nitrogen and oxygen atoms in total. The Morgan fingerprint density at radius 3 is 2.63 bits per heavy atom. The van der Waals surface area contributed by atoms with Crippen molar-refractivity contribution in [2.75, 3.05) is 11.9 Å². The van der Waals surface area contributed by atoms with Crippen LogP contribution in [0.25, 0.3) is 0 Å². The lowest BCUT2D eigenvalue weighted by Gasteiger charge is -2.31. The molecule has 1 aliphatic heterocycles. The Morgan fingerprint density at radius 2 is 1.89 bits per heavy atom. The summed E-state index contributed by atoms with van der Waals surface area (Å²) < 4.78 is 0.962. The molecule has 1 atom stereocenters. The topological polar surface area (TPSA) is 78.3 Å². The first-order valence-electron chi connectivity index (χ1n) is 5.86. The summed E-state index contributed by atoms with van der Waals surface area (Å²) in [5, 5.41) is 10.4. The van der Waals surface area contributed by atoms with Crippen LogP contribution in [-0.4, -0.2) is 21.7 Å². The maximum atomic E-state index is 12.2. The molecule has 1 aliphatic rings. The van der Waals surface area contributed by atoms with E-state index in [1.54, 1.807) is 24.1 Å². The van der Waals surface area contributed by atoms with Crippen molar-refractivity contribution in [1.82, 2.24) is 9.55 Å². The van der Waals surface area contributed by atoms with Crippen molar-refractivity contribution in [3.63, 3.8) is 0 Å². The van der Waals surface area contributed by atoms with Gasteiger partial charge in [0.1, 0.15) is 11.9 Å². The Morgan fingerprint density at radius 1 is 1.21 bits per heavy atom. The Hall–Kier alpha value is -2.34. The van der Waals surface area contributed by atoms with Crippen LogP contribution in [0.1, 0.15) is 17.2 Å². The van der Waals surface area contributed by atoms with Crippen LogP contribution in [0.5, 0.6) is 0 Å². The molecule has 1 aromatic heterocycles. The molecule has 0 saturated carbocycles. The number of aliphatic hydroxyl groups is 1. The molecule has 19 heavy (non-hydrogen) atoms. The molecule has 6 heteroatoms. The molecular weight excluding hydrogens is 246 g/mol. The van der Waals surface area contributed by atoms with Gasteiger partial charge in [-0.1, -0.05) is 18.2 Å². The van der Waals surface area contributed by atoms with E-state index in [2.05, 4.69) is 4.98 Å². The first-order chi connectivity index (χ1) is 9.02. The summed E-state index contributed by atoms with van der Waals surface area (Å²) in [6.07, 6.45) is -1.03. The van der Waals surface area contributed by atoms with Crippen molar-refractivity contribution in [1.29, 1.82) is 0 Å². The van der Waals surface area contributed by atoms with Crippen LogP contribution < -0.4 is 16.1 Å². The van der Waals surface area contributed by atoms with Crippen molar-refractivity contribution in [3.8, 4) is 0 Å². The van der Waals surface area contributed by atoms with Gasteiger partial charge in [-0.25, -0.2) is 4.79 Å². The number of aromatic amines is 1. The summed E-state index contributed by atoms with van der Waals surface area (Å²) in [4.78, 5) is 28.2. The minimum absolute atomic E-state index is 0.198. The molecule has 2 N–H and O–H groups in total. The van der Waals surface area contributed by atoms with Crippen molar-refractivity contribution in [3.05, 3.63) is 56.2 Å². The molecule has 98 valence electrons. The highest BCUT2D eigenvalue weighted by molar-refractivity contribution is 5.71. The van der Waals surface area contributed by atoms with Crippen molar-refractivity contribution >= 4 is 11.5 Å². The summed E-state index contributed by atoms with van der Waals surface area (Å²) in [5.41, 5.74) is 0.645. The average molecular weight is 259 g/mol. The van der Waals surface area contributed by atoms with Crippen LogP contribution in [0.2, 0.25) is 0 Å². The minimum Gasteiger partial charge on any atom is -0.383 e. The number of nitrogens with zero attached hydrogens (tertiary/aromatic N) is 2. The second-order valence-electron chi connectivity index (χ2n) is 4.58. The largest absolute Gasteiger partial charge is 0.383 e. The van der Waals surface area contributed by atoms with Gasteiger partial charge in [-0.15, -0.1) is 0 Å².